The number of nitrogens with zero attached hydrogens (tertiary/aromatic N) is 1. The third-order valence-corrected chi connectivity index (χ3v) is 4.85. The van der Waals surface area contributed by atoms with Crippen LogP contribution in [0.2, 0.25) is 0 Å². The molecule has 1 fully saturated rings. The van der Waals surface area contributed by atoms with Gasteiger partial charge in [-0.3, -0.25) is 5.10 Å². The summed E-state index contributed by atoms with van der Waals surface area (Å²) in [6.07, 6.45) is 2.20. The van der Waals surface area contributed by atoms with Crippen molar-refractivity contribution in [1.29, 1.82) is 0 Å². The molecule has 1 aliphatic rings. The van der Waals surface area contributed by atoms with Gasteiger partial charge in [0, 0.05) is 29.8 Å². The molecule has 3 aromatic rings. The summed E-state index contributed by atoms with van der Waals surface area (Å²) < 4.78 is 42.5. The maximum absolute atomic E-state index is 15.1. The number of rotatable bonds is 6. The van der Waals surface area contributed by atoms with Gasteiger partial charge in [0.05, 0.1) is 5.69 Å². The van der Waals surface area contributed by atoms with E-state index in [9.17, 15) is 8.78 Å². The minimum Gasteiger partial charge on any atom is -0.397 e. The monoisotopic (exact) mass is 387 g/mol. The van der Waals surface area contributed by atoms with Crippen LogP contribution >= 0.6 is 0 Å². The van der Waals surface area contributed by atoms with Gasteiger partial charge in [-0.15, -0.1) is 0 Å². The Morgan fingerprint density at radius 3 is 2.50 bits per heavy atom. The maximum Gasteiger partial charge on any atom is 0.174 e. The van der Waals surface area contributed by atoms with Gasteiger partial charge in [0.15, 0.2) is 17.5 Å². The minimum absolute atomic E-state index is 0.0518. The van der Waals surface area contributed by atoms with Crippen LogP contribution in [0, 0.1) is 17.5 Å². The Hall–Kier alpha value is -3.16. The van der Waals surface area contributed by atoms with Gasteiger partial charge < -0.3 is 16.4 Å². The molecule has 0 spiro atoms. The standard InChI is InChI=1S/C20H20F3N5/c1-10(11-4-6-13(21)7-5-11)25-19-14(22)8-15(24)20(18(19)23)26-17-9-16(27-28-17)12-2-3-12/h4-10,12,25H,2-3,24H2,1H3,(H2,26,27,28). The second kappa shape index (κ2) is 7.10. The highest BCUT2D eigenvalue weighted by molar-refractivity contribution is 5.77. The molecule has 5 nitrogen and oxygen atoms in total. The Bertz CT molecular complexity index is 996. The average molecular weight is 387 g/mol. The van der Waals surface area contributed by atoms with E-state index in [2.05, 4.69) is 20.8 Å². The first-order valence-corrected chi connectivity index (χ1v) is 9.04. The second-order valence-corrected chi connectivity index (χ2v) is 7.04. The fourth-order valence-corrected chi connectivity index (χ4v) is 3.08. The van der Waals surface area contributed by atoms with Crippen LogP contribution in [-0.2, 0) is 0 Å². The Morgan fingerprint density at radius 1 is 1.11 bits per heavy atom. The topological polar surface area (TPSA) is 78.8 Å². The largest absolute Gasteiger partial charge is 0.397 e. The lowest BCUT2D eigenvalue weighted by molar-refractivity contribution is 0.587. The maximum atomic E-state index is 15.1. The van der Waals surface area contributed by atoms with Crippen molar-refractivity contribution in [2.45, 2.75) is 31.7 Å². The van der Waals surface area contributed by atoms with E-state index in [0.717, 1.165) is 24.6 Å². The van der Waals surface area contributed by atoms with Gasteiger partial charge in [0.25, 0.3) is 0 Å². The molecule has 1 unspecified atom stereocenters. The highest BCUT2D eigenvalue weighted by Gasteiger charge is 2.26. The minimum atomic E-state index is -0.845. The van der Waals surface area contributed by atoms with Crippen molar-refractivity contribution >= 4 is 22.9 Å². The molecule has 0 radical (unpaired) electrons. The van der Waals surface area contributed by atoms with E-state index in [0.29, 0.717) is 17.3 Å². The lowest BCUT2D eigenvalue weighted by Crippen LogP contribution is -2.12. The number of H-pyrrole nitrogens is 1. The number of anilines is 4. The molecule has 0 aliphatic heterocycles. The van der Waals surface area contributed by atoms with Crippen molar-refractivity contribution in [2.75, 3.05) is 16.4 Å². The fourth-order valence-electron chi connectivity index (χ4n) is 3.08. The first kappa shape index (κ1) is 18.2. The van der Waals surface area contributed by atoms with Crippen LogP contribution in [0.25, 0.3) is 0 Å². The van der Waals surface area contributed by atoms with E-state index in [-0.39, 0.29) is 22.9 Å². The number of nitrogens with two attached hydrogens (primary N) is 1. The number of aromatic amines is 1. The molecule has 5 N–H and O–H groups in total. The van der Waals surface area contributed by atoms with Crippen molar-refractivity contribution in [3.63, 3.8) is 0 Å². The molecule has 28 heavy (non-hydrogen) atoms. The van der Waals surface area contributed by atoms with Gasteiger partial charge in [-0.05, 0) is 37.5 Å². The lowest BCUT2D eigenvalue weighted by atomic mass is 10.1. The zero-order valence-corrected chi connectivity index (χ0v) is 15.2. The highest BCUT2D eigenvalue weighted by atomic mass is 19.1. The van der Waals surface area contributed by atoms with Crippen molar-refractivity contribution in [3.8, 4) is 0 Å². The summed E-state index contributed by atoms with van der Waals surface area (Å²) in [5.41, 5.74) is 7.06. The van der Waals surface area contributed by atoms with Crippen LogP contribution in [0.4, 0.5) is 36.1 Å². The summed E-state index contributed by atoms with van der Waals surface area (Å²) in [5.74, 6) is -1.15. The predicted molar refractivity (Wildman–Crippen MR) is 103 cm³/mol. The summed E-state index contributed by atoms with van der Waals surface area (Å²) in [6, 6.07) is 8.11. The number of hydrogen-bond acceptors (Lipinski definition) is 4. The van der Waals surface area contributed by atoms with E-state index >= 15 is 4.39 Å². The van der Waals surface area contributed by atoms with Gasteiger partial charge in [-0.2, -0.15) is 5.10 Å². The average Bonchev–Trinajstić information content (AvgIpc) is 3.41. The first-order valence-electron chi connectivity index (χ1n) is 9.04. The Labute approximate surface area is 160 Å². The third kappa shape index (κ3) is 3.62. The van der Waals surface area contributed by atoms with Gasteiger partial charge in [-0.25, -0.2) is 13.2 Å². The van der Waals surface area contributed by atoms with Crippen LogP contribution in [0.1, 0.15) is 43.0 Å². The van der Waals surface area contributed by atoms with E-state index in [4.69, 9.17) is 5.73 Å². The van der Waals surface area contributed by atoms with E-state index in [1.54, 1.807) is 25.1 Å². The molecule has 1 heterocycles. The summed E-state index contributed by atoms with van der Waals surface area (Å²) in [4.78, 5) is 0. The van der Waals surface area contributed by atoms with Crippen LogP contribution in [0.3, 0.4) is 0 Å². The first-order chi connectivity index (χ1) is 13.4. The van der Waals surface area contributed by atoms with Crippen LogP contribution < -0.4 is 16.4 Å². The van der Waals surface area contributed by atoms with Crippen molar-refractivity contribution in [3.05, 3.63) is 65.1 Å². The highest BCUT2D eigenvalue weighted by Crippen LogP contribution is 2.40. The fraction of sp³-hybridized carbons (Fsp3) is 0.250. The molecule has 1 aliphatic carbocycles. The summed E-state index contributed by atoms with van der Waals surface area (Å²) >= 11 is 0. The Morgan fingerprint density at radius 2 is 1.82 bits per heavy atom. The third-order valence-electron chi connectivity index (χ3n) is 4.85. The van der Waals surface area contributed by atoms with Crippen molar-refractivity contribution in [2.24, 2.45) is 0 Å². The summed E-state index contributed by atoms with van der Waals surface area (Å²) in [6.45, 7) is 1.73. The number of nitrogen functional groups attached to an aromatic ring is 1. The molecule has 4 rings (SSSR count). The zero-order valence-electron chi connectivity index (χ0n) is 15.2. The normalized spacial score (nSPS) is 14.7. The molecule has 1 saturated carbocycles. The molecule has 0 amide bonds. The SMILES string of the molecule is CC(Nc1c(F)cc(N)c(Nc2cc(C3CC3)[nH]n2)c1F)c1ccc(F)cc1. The molecule has 2 aromatic carbocycles. The summed E-state index contributed by atoms with van der Waals surface area (Å²) in [7, 11) is 0. The van der Waals surface area contributed by atoms with Crippen LogP contribution in [0.15, 0.2) is 36.4 Å². The van der Waals surface area contributed by atoms with E-state index in [1.807, 2.05) is 0 Å². The molecule has 1 aromatic heterocycles. The molecular weight excluding hydrogens is 367 g/mol. The summed E-state index contributed by atoms with van der Waals surface area (Å²) in [5, 5.41) is 12.7. The van der Waals surface area contributed by atoms with Gasteiger partial charge in [0.2, 0.25) is 0 Å². The second-order valence-electron chi connectivity index (χ2n) is 7.04. The molecule has 1 atom stereocenters. The quantitative estimate of drug-likeness (QED) is 0.438. The van der Waals surface area contributed by atoms with Crippen molar-refractivity contribution < 1.29 is 13.2 Å². The Kier molecular flexibility index (Phi) is 4.62. The molecule has 0 bridgehead atoms. The van der Waals surface area contributed by atoms with E-state index < -0.39 is 17.7 Å². The number of benzene rings is 2. The molecular formula is C20H20F3N5. The van der Waals surface area contributed by atoms with Gasteiger partial charge >= 0.3 is 0 Å². The number of hydrogen-bond donors (Lipinski definition) is 4. The smallest absolute Gasteiger partial charge is 0.174 e. The number of halogens is 3. The van der Waals surface area contributed by atoms with Gasteiger partial charge in [0.1, 0.15) is 17.2 Å². The number of aromatic nitrogens is 2. The predicted octanol–water partition coefficient (Wildman–Crippen LogP) is 5.20. The molecule has 146 valence electrons. The Balaban J connectivity index is 1.60. The van der Waals surface area contributed by atoms with Crippen molar-refractivity contribution in [1.82, 2.24) is 10.2 Å². The lowest BCUT2D eigenvalue weighted by Gasteiger charge is -2.19. The van der Waals surface area contributed by atoms with Crippen LogP contribution in [-0.4, -0.2) is 10.2 Å². The molecule has 8 heteroatoms. The zero-order chi connectivity index (χ0) is 19.8. The van der Waals surface area contributed by atoms with Crippen LogP contribution in [0.5, 0.6) is 0 Å². The molecule has 0 saturated heterocycles. The van der Waals surface area contributed by atoms with E-state index in [1.165, 1.54) is 12.1 Å². The van der Waals surface area contributed by atoms with Gasteiger partial charge in [-0.1, -0.05) is 12.1 Å². The number of nitrogens with one attached hydrogen (secondary N) is 3.